The van der Waals surface area contributed by atoms with Gasteiger partial charge in [-0.2, -0.15) is 0 Å². The highest BCUT2D eigenvalue weighted by molar-refractivity contribution is 6.46. The summed E-state index contributed by atoms with van der Waals surface area (Å²) in [4.78, 5) is 30.5. The number of ether oxygens (including phenoxy) is 1. The van der Waals surface area contributed by atoms with Crippen LogP contribution < -0.4 is 4.74 Å². The summed E-state index contributed by atoms with van der Waals surface area (Å²) in [7, 11) is 0. The van der Waals surface area contributed by atoms with Gasteiger partial charge in [-0.15, -0.1) is 0 Å². The molecule has 2 heterocycles. The molecule has 1 saturated heterocycles. The van der Waals surface area contributed by atoms with Gasteiger partial charge in [0.25, 0.3) is 11.7 Å². The van der Waals surface area contributed by atoms with Gasteiger partial charge in [-0.3, -0.25) is 9.59 Å². The van der Waals surface area contributed by atoms with E-state index in [1.807, 2.05) is 31.2 Å². The standard InChI is InChI=1S/C24H24N2O5/c1-2-10-26-21(15-6-5-7-16(13-15)31-12-11-27)20(23(29)24(26)30)22(28)18-14-25-19-9-4-3-8-17(18)19/h3-9,13-14,21,25,27-28H,2,10-12H2,1H3/b22-20-. The highest BCUT2D eigenvalue weighted by Gasteiger charge is 2.46. The molecule has 1 amide bonds. The summed E-state index contributed by atoms with van der Waals surface area (Å²) in [6.45, 7) is 2.31. The molecule has 0 bridgehead atoms. The number of aliphatic hydroxyl groups excluding tert-OH is 2. The van der Waals surface area contributed by atoms with Crippen molar-refractivity contribution in [1.82, 2.24) is 9.88 Å². The van der Waals surface area contributed by atoms with Crippen LogP contribution in [0.5, 0.6) is 5.75 Å². The monoisotopic (exact) mass is 420 g/mol. The van der Waals surface area contributed by atoms with Crippen molar-refractivity contribution in [2.24, 2.45) is 0 Å². The summed E-state index contributed by atoms with van der Waals surface area (Å²) in [6.07, 6.45) is 2.31. The average Bonchev–Trinajstić information content (AvgIpc) is 3.32. The molecule has 1 unspecified atom stereocenters. The molecule has 0 spiro atoms. The van der Waals surface area contributed by atoms with E-state index in [9.17, 15) is 14.7 Å². The minimum absolute atomic E-state index is 0.0579. The van der Waals surface area contributed by atoms with Crippen molar-refractivity contribution in [3.8, 4) is 5.75 Å². The number of likely N-dealkylation sites (tertiary alicyclic amines) is 1. The van der Waals surface area contributed by atoms with Gasteiger partial charge in [0.1, 0.15) is 18.1 Å². The van der Waals surface area contributed by atoms with Crippen LogP contribution in [0.1, 0.15) is 30.5 Å². The molecule has 3 aromatic rings. The SMILES string of the molecule is CCCN1C(=O)C(=O)/C(=C(\O)c2c[nH]c3ccccc23)C1c1cccc(OCCO)c1. The Bertz CT molecular complexity index is 1160. The maximum Gasteiger partial charge on any atom is 0.295 e. The van der Waals surface area contributed by atoms with E-state index >= 15 is 0 Å². The second kappa shape index (κ2) is 8.65. The van der Waals surface area contributed by atoms with Crippen molar-refractivity contribution < 1.29 is 24.5 Å². The quantitative estimate of drug-likeness (QED) is 0.309. The van der Waals surface area contributed by atoms with Crippen LogP contribution in [-0.2, 0) is 9.59 Å². The van der Waals surface area contributed by atoms with E-state index in [4.69, 9.17) is 9.84 Å². The van der Waals surface area contributed by atoms with Gasteiger partial charge in [0.15, 0.2) is 0 Å². The van der Waals surface area contributed by atoms with Crippen LogP contribution in [0, 0.1) is 0 Å². The molecule has 1 aliphatic heterocycles. The van der Waals surface area contributed by atoms with Crippen molar-refractivity contribution >= 4 is 28.4 Å². The second-order valence-electron chi connectivity index (χ2n) is 7.38. The topological polar surface area (TPSA) is 103 Å². The number of carbonyl (C=O) groups is 2. The first kappa shape index (κ1) is 20.7. The molecule has 4 rings (SSSR count). The van der Waals surface area contributed by atoms with Gasteiger partial charge in [0.2, 0.25) is 0 Å². The molecule has 31 heavy (non-hydrogen) atoms. The number of fused-ring (bicyclic) bond motifs is 1. The number of hydrogen-bond donors (Lipinski definition) is 3. The van der Waals surface area contributed by atoms with Crippen molar-refractivity contribution in [3.63, 3.8) is 0 Å². The van der Waals surface area contributed by atoms with Crippen LogP contribution in [0.2, 0.25) is 0 Å². The van der Waals surface area contributed by atoms with E-state index in [1.165, 1.54) is 4.90 Å². The van der Waals surface area contributed by atoms with Crippen LogP contribution >= 0.6 is 0 Å². The highest BCUT2D eigenvalue weighted by Crippen LogP contribution is 2.41. The Balaban J connectivity index is 1.87. The van der Waals surface area contributed by atoms with Crippen LogP contribution in [-0.4, -0.2) is 51.5 Å². The predicted molar refractivity (Wildman–Crippen MR) is 117 cm³/mol. The largest absolute Gasteiger partial charge is 0.507 e. The number of nitrogens with zero attached hydrogens (tertiary/aromatic N) is 1. The first-order chi connectivity index (χ1) is 15.1. The molecule has 0 aliphatic carbocycles. The Morgan fingerprint density at radius 1 is 1.16 bits per heavy atom. The van der Waals surface area contributed by atoms with Crippen LogP contribution in [0.3, 0.4) is 0 Å². The highest BCUT2D eigenvalue weighted by atomic mass is 16.5. The molecule has 7 nitrogen and oxygen atoms in total. The smallest absolute Gasteiger partial charge is 0.295 e. The van der Waals surface area contributed by atoms with E-state index in [0.29, 0.717) is 29.8 Å². The lowest BCUT2D eigenvalue weighted by Gasteiger charge is -2.25. The number of aromatic amines is 1. The van der Waals surface area contributed by atoms with Gasteiger partial charge in [0, 0.05) is 29.2 Å². The Morgan fingerprint density at radius 3 is 2.74 bits per heavy atom. The van der Waals surface area contributed by atoms with Gasteiger partial charge in [-0.25, -0.2) is 0 Å². The number of H-pyrrole nitrogens is 1. The Kier molecular flexibility index (Phi) is 5.77. The Labute approximate surface area is 179 Å². The van der Waals surface area contributed by atoms with Crippen LogP contribution in [0.15, 0.2) is 60.3 Å². The summed E-state index contributed by atoms with van der Waals surface area (Å²) >= 11 is 0. The minimum Gasteiger partial charge on any atom is -0.507 e. The first-order valence-electron chi connectivity index (χ1n) is 10.2. The summed E-state index contributed by atoms with van der Waals surface area (Å²) in [6, 6.07) is 13.8. The molecule has 1 aliphatic rings. The molecule has 0 radical (unpaired) electrons. The van der Waals surface area contributed by atoms with Crippen molar-refractivity contribution in [3.05, 3.63) is 71.4 Å². The summed E-state index contributed by atoms with van der Waals surface area (Å²) in [5.74, 6) is -1.03. The van der Waals surface area contributed by atoms with Gasteiger partial charge in [-0.05, 0) is 30.2 Å². The summed E-state index contributed by atoms with van der Waals surface area (Å²) in [5.41, 5.74) is 2.01. The molecule has 7 heteroatoms. The van der Waals surface area contributed by atoms with Crippen molar-refractivity contribution in [2.75, 3.05) is 19.8 Å². The number of rotatable bonds is 7. The minimum atomic E-state index is -0.730. The number of aromatic nitrogens is 1. The van der Waals surface area contributed by atoms with Crippen molar-refractivity contribution in [2.45, 2.75) is 19.4 Å². The fourth-order valence-corrected chi connectivity index (χ4v) is 4.05. The third-order valence-electron chi connectivity index (χ3n) is 5.38. The number of ketones is 1. The summed E-state index contributed by atoms with van der Waals surface area (Å²) in [5, 5.41) is 21.0. The zero-order chi connectivity index (χ0) is 22.0. The van der Waals surface area contributed by atoms with E-state index in [2.05, 4.69) is 4.98 Å². The van der Waals surface area contributed by atoms with Gasteiger partial charge in [-0.1, -0.05) is 37.3 Å². The third-order valence-corrected chi connectivity index (χ3v) is 5.38. The average molecular weight is 420 g/mol. The lowest BCUT2D eigenvalue weighted by molar-refractivity contribution is -0.139. The molecule has 1 atom stereocenters. The maximum atomic E-state index is 13.0. The van der Waals surface area contributed by atoms with E-state index in [-0.39, 0.29) is 24.5 Å². The number of benzene rings is 2. The second-order valence-corrected chi connectivity index (χ2v) is 7.38. The molecule has 1 aromatic heterocycles. The van der Waals surface area contributed by atoms with Crippen LogP contribution in [0.4, 0.5) is 0 Å². The normalized spacial score (nSPS) is 18.1. The molecule has 3 N–H and O–H groups in total. The Hall–Kier alpha value is -3.58. The fourth-order valence-electron chi connectivity index (χ4n) is 4.05. The number of amides is 1. The summed E-state index contributed by atoms with van der Waals surface area (Å²) < 4.78 is 5.51. The van der Waals surface area contributed by atoms with Crippen LogP contribution in [0.25, 0.3) is 16.7 Å². The number of Topliss-reactive ketones (excluding diaryl/α,β-unsaturated/α-hetero) is 1. The Morgan fingerprint density at radius 2 is 1.97 bits per heavy atom. The molecule has 0 saturated carbocycles. The molecule has 160 valence electrons. The maximum absolute atomic E-state index is 13.0. The number of nitrogens with one attached hydrogen (secondary N) is 1. The zero-order valence-corrected chi connectivity index (χ0v) is 17.2. The molecular weight excluding hydrogens is 396 g/mol. The first-order valence-corrected chi connectivity index (χ1v) is 10.2. The van der Waals surface area contributed by atoms with Gasteiger partial charge < -0.3 is 24.8 Å². The predicted octanol–water partition coefficient (Wildman–Crippen LogP) is 3.37. The zero-order valence-electron chi connectivity index (χ0n) is 17.2. The van der Waals surface area contributed by atoms with E-state index in [1.54, 1.807) is 30.5 Å². The molecule has 1 fully saturated rings. The number of hydrogen-bond acceptors (Lipinski definition) is 5. The van der Waals surface area contributed by atoms with Gasteiger partial charge in [0.05, 0.1) is 18.2 Å². The third kappa shape index (κ3) is 3.68. The number of para-hydroxylation sites is 1. The molecular formula is C24H24N2O5. The number of carbonyl (C=O) groups excluding carboxylic acids is 2. The van der Waals surface area contributed by atoms with E-state index in [0.717, 1.165) is 10.9 Å². The number of aliphatic hydroxyl groups is 2. The lowest BCUT2D eigenvalue weighted by Crippen LogP contribution is -2.30. The lowest BCUT2D eigenvalue weighted by atomic mass is 9.95. The fraction of sp³-hybridized carbons (Fsp3) is 0.250. The van der Waals surface area contributed by atoms with Crippen molar-refractivity contribution in [1.29, 1.82) is 0 Å². The molecule has 2 aromatic carbocycles. The van der Waals surface area contributed by atoms with Gasteiger partial charge >= 0.3 is 0 Å². The van der Waals surface area contributed by atoms with E-state index < -0.39 is 17.7 Å².